The van der Waals surface area contributed by atoms with Gasteiger partial charge in [-0.25, -0.2) is 0 Å². The SMILES string of the molecule is Brc1ccccc1-c1ccc(-c2cccc3c2oc2ccccc23)nc1.[B]B([B])B([B])B(B(B([B])[B])B([B])[B])B(B(B(B([B])[B])B([B])[B])B(B([B])[B])B([B])[B])B(B(B(B([B])[B])B([B])[B])B(B([B])[B])B([B])[B])B(B(B(B([B])[B])B([B])[B])B(B([B])[B])B([B])[B])B(B(B([B])[B])B([B])[B])B(B([B])[B])B([B])[B]. The fraction of sp³-hybridized carbons (Fsp3) is 0. The van der Waals surface area contributed by atoms with Crippen LogP contribution in [0.4, 0.5) is 0 Å². The van der Waals surface area contributed by atoms with Crippen LogP contribution in [-0.4, -0.2) is 543 Å². The number of hydrogen-bond donors (Lipinski definition) is 0. The molecule has 0 N–H and O–H groups in total. The van der Waals surface area contributed by atoms with Gasteiger partial charge in [0, 0.05) is 571 Å². The Bertz CT molecular complexity index is 3020. The van der Waals surface area contributed by atoms with Gasteiger partial charge in [-0.3, -0.25) is 4.98 Å². The van der Waals surface area contributed by atoms with Gasteiger partial charge in [0.05, 0.1) is 5.69 Å². The molecule has 0 unspecified atom stereocenters. The molecular formula is C23H14B76BrNO. The van der Waals surface area contributed by atoms with Crippen molar-refractivity contribution in [1.29, 1.82) is 0 Å². The highest BCUT2D eigenvalue weighted by Gasteiger charge is 2.65. The summed E-state index contributed by atoms with van der Waals surface area (Å²) in [5, 5.41) is 2.25. The first-order chi connectivity index (χ1) is 47.3. The first kappa shape index (κ1) is 96.4. The van der Waals surface area contributed by atoms with Crippen LogP contribution >= 0.6 is 15.9 Å². The van der Waals surface area contributed by atoms with Crippen molar-refractivity contribution in [2.24, 2.45) is 0 Å². The molecule has 3 aromatic carbocycles. The predicted octanol–water partition coefficient (Wildman–Crippen LogP) is -21.9. The molecule has 0 saturated carbocycles. The first-order valence-electron chi connectivity index (χ1n) is 33.4. The van der Waals surface area contributed by atoms with E-state index >= 15 is 0 Å². The van der Waals surface area contributed by atoms with E-state index in [-0.39, 0.29) is 0 Å². The number of halogens is 1. The number of aromatic nitrogens is 1. The minimum absolute atomic E-state index is 0.884. The molecule has 0 atom stereocenters. The third-order valence-electron chi connectivity index (χ3n) is 20.6. The Balaban J connectivity index is 0.000000689. The highest BCUT2D eigenvalue weighted by Crippen LogP contribution is 2.36. The second-order valence-electron chi connectivity index (χ2n) is 27.6. The summed E-state index contributed by atoms with van der Waals surface area (Å²) in [5.41, 5.74) is 5.92. The maximum Gasteiger partial charge on any atom is 0.144 e. The summed E-state index contributed by atoms with van der Waals surface area (Å²) in [6, 6.07) is 26.7. The molecular weight excluding hydrogens is 1210 g/mol. The molecule has 0 fully saturated rings. The standard InChI is InChI=1S/C23H14BrNO.B76/c24-20-10-3-1-6-16(20)15-12-13-21(25-14-15)19-9-5-8-18-17-7-2-4-11-22(17)26-23(18)19;1-40(2)59(39)69(60(41(3)4)42(5)6)74(70(61(43(7)8)44(9)10)62(45(11)12)46(13)14)76(73(67(55(31)32)56(33)34)68(57(35)36)58(37)38)75(71(63(47(15)16)48(17)18)64(49(19)20)50(21)22)72(65(51(23)24)52(25)26)66(53(27)28)54(29)30/h1-14H;. The molecule has 79 heteroatoms. The molecule has 78 radical (unpaired) electrons. The number of rotatable bonds is 38. The Morgan fingerprint density at radius 1 is 0.235 bits per heavy atom. The molecule has 0 spiro atoms. The fourth-order valence-electron chi connectivity index (χ4n) is 16.7. The molecule has 0 aliphatic carbocycles. The summed E-state index contributed by atoms with van der Waals surface area (Å²) in [6.45, 7) is 0. The van der Waals surface area contributed by atoms with E-state index in [0.29, 0.717) is 0 Å². The van der Waals surface area contributed by atoms with Crippen molar-refractivity contribution in [1.82, 2.24) is 4.98 Å². The van der Waals surface area contributed by atoms with Crippen molar-refractivity contribution < 1.29 is 4.42 Å². The molecule has 352 valence electrons. The molecule has 0 aliphatic rings. The van der Waals surface area contributed by atoms with Crippen molar-refractivity contribution >= 4 is 576 Å². The lowest BCUT2D eigenvalue weighted by molar-refractivity contribution is 0.670. The molecule has 0 aliphatic heterocycles. The lowest BCUT2D eigenvalue weighted by Gasteiger charge is -2.61. The third kappa shape index (κ3) is 24.1. The van der Waals surface area contributed by atoms with Crippen LogP contribution in [0.1, 0.15) is 0 Å². The number of benzene rings is 3. The van der Waals surface area contributed by atoms with Gasteiger partial charge in [-0.1, -0.05) is 70.5 Å². The second kappa shape index (κ2) is 44.1. The Morgan fingerprint density at radius 2 is 0.490 bits per heavy atom. The Hall–Kier alpha value is 2.03. The number of fused-ring (bicyclic) bond motifs is 3. The van der Waals surface area contributed by atoms with Gasteiger partial charge in [0.1, 0.15) is 11.2 Å². The maximum atomic E-state index is 7.35. The Labute approximate surface area is 690 Å². The van der Waals surface area contributed by atoms with Gasteiger partial charge in [0.25, 0.3) is 0 Å². The molecule has 2 heterocycles. The Kier molecular flexibility index (Phi) is 41.6. The monoisotopic (exact) mass is 1240 g/mol. The Morgan fingerprint density at radius 3 is 0.775 bits per heavy atom. The average Bonchev–Trinajstić information content (AvgIpc) is 0.866. The van der Waals surface area contributed by atoms with Crippen LogP contribution in [0.5, 0.6) is 0 Å². The van der Waals surface area contributed by atoms with E-state index in [2.05, 4.69) is 58.4 Å². The smallest absolute Gasteiger partial charge is 0.144 e. The van der Waals surface area contributed by atoms with Gasteiger partial charge in [-0.05, 0) is 29.8 Å². The second-order valence-corrected chi connectivity index (χ2v) is 28.4. The van der Waals surface area contributed by atoms with Crippen LogP contribution < -0.4 is 0 Å². The van der Waals surface area contributed by atoms with Crippen molar-refractivity contribution in [2.45, 2.75) is 0 Å². The first-order valence-corrected chi connectivity index (χ1v) is 34.2. The zero-order chi connectivity index (χ0) is 77.9. The van der Waals surface area contributed by atoms with E-state index in [0.717, 1.165) is 48.8 Å². The molecule has 2 aromatic heterocycles. The molecule has 5 aromatic rings. The summed E-state index contributed by atoms with van der Waals surface area (Å²) in [6.07, 6.45) is -58.5. The number of furan rings is 1. The zero-order valence-electron chi connectivity index (χ0n) is 57.7. The van der Waals surface area contributed by atoms with Crippen molar-refractivity contribution in [3.8, 4) is 22.4 Å². The number of nitrogens with zero attached hydrogens (tertiary/aromatic N) is 1. The van der Waals surface area contributed by atoms with Gasteiger partial charge in [0.2, 0.25) is 0 Å². The fourth-order valence-corrected chi connectivity index (χ4v) is 17.2. The van der Waals surface area contributed by atoms with Crippen LogP contribution in [-0.2, 0) is 0 Å². The number of hydrogen-bond acceptors (Lipinski definition) is 2. The number of para-hydroxylation sites is 2. The van der Waals surface area contributed by atoms with Crippen molar-refractivity contribution in [3.05, 3.63) is 89.5 Å². The van der Waals surface area contributed by atoms with E-state index < -0.39 is 236 Å². The van der Waals surface area contributed by atoms with Crippen LogP contribution in [0.15, 0.2) is 93.9 Å². The average molecular weight is 1220 g/mol. The van der Waals surface area contributed by atoms with Crippen LogP contribution in [0.3, 0.4) is 0 Å². The van der Waals surface area contributed by atoms with Gasteiger partial charge in [-0.15, -0.1) is 0 Å². The molecule has 0 bridgehead atoms. The van der Waals surface area contributed by atoms with E-state index in [1.165, 1.54) is 0 Å². The van der Waals surface area contributed by atoms with E-state index in [4.69, 9.17) is 311 Å². The molecule has 5 rings (SSSR count). The van der Waals surface area contributed by atoms with Gasteiger partial charge in [-0.2, -0.15) is 0 Å². The lowest BCUT2D eigenvalue weighted by atomic mass is 8.20. The number of pyridine rings is 1. The predicted molar refractivity (Wildman–Crippen MR) is 547 cm³/mol. The third-order valence-corrected chi connectivity index (χ3v) is 21.3. The van der Waals surface area contributed by atoms with Crippen LogP contribution in [0.2, 0.25) is 0 Å². The topological polar surface area (TPSA) is 26.0 Å². The van der Waals surface area contributed by atoms with Crippen molar-refractivity contribution in [3.63, 3.8) is 0 Å². The lowest BCUT2D eigenvalue weighted by Crippen LogP contribution is -2.99. The van der Waals surface area contributed by atoms with E-state index in [9.17, 15) is 0 Å². The minimum Gasteiger partial charge on any atom is -0.455 e. The van der Waals surface area contributed by atoms with Crippen LogP contribution in [0, 0.1) is 0 Å². The normalized spacial score (nSPS) is 10.2. The summed E-state index contributed by atoms with van der Waals surface area (Å²) < 4.78 is 7.19. The van der Waals surface area contributed by atoms with E-state index in [1.807, 2.05) is 42.6 Å². The van der Waals surface area contributed by atoms with E-state index in [1.54, 1.807) is 0 Å². The van der Waals surface area contributed by atoms with Crippen molar-refractivity contribution in [2.75, 3.05) is 0 Å². The summed E-state index contributed by atoms with van der Waals surface area (Å²) in [5.74, 6) is 0. The summed E-state index contributed by atoms with van der Waals surface area (Å²) >= 11 is 3.61. The summed E-state index contributed by atoms with van der Waals surface area (Å²) in [7, 11) is 266. The summed E-state index contributed by atoms with van der Waals surface area (Å²) in [4.78, 5) is 4.71. The van der Waals surface area contributed by atoms with Crippen LogP contribution in [0.25, 0.3) is 44.3 Å². The highest BCUT2D eigenvalue weighted by atomic mass is 79.9. The molecule has 0 amide bonds. The van der Waals surface area contributed by atoms with Gasteiger partial charge >= 0.3 is 0 Å². The zero-order valence-corrected chi connectivity index (χ0v) is 59.3. The minimum atomic E-state index is -1.85. The molecule has 102 heavy (non-hydrogen) atoms. The molecule has 0 saturated heterocycles. The maximum absolute atomic E-state index is 7.35. The molecule has 2 nitrogen and oxygen atoms in total. The highest BCUT2D eigenvalue weighted by molar-refractivity contribution is 9.10. The largest absolute Gasteiger partial charge is 0.455 e. The van der Waals surface area contributed by atoms with Gasteiger partial charge in [0.15, 0.2) is 0 Å². The quantitative estimate of drug-likeness (QED) is 0.0368. The van der Waals surface area contributed by atoms with Gasteiger partial charge < -0.3 is 4.42 Å².